The predicted octanol–water partition coefficient (Wildman–Crippen LogP) is 18.9. The summed E-state index contributed by atoms with van der Waals surface area (Å²) in [4.78, 5) is 9.65. The molecule has 4 heterocycles. The molecule has 7 heteroatoms. The zero-order chi connectivity index (χ0) is 53.1. The van der Waals surface area contributed by atoms with Gasteiger partial charge in [-0.05, 0) is 116 Å². The van der Waals surface area contributed by atoms with Gasteiger partial charge in [-0.1, -0.05) is 167 Å². The quantitative estimate of drug-likeness (QED) is 0.149. The number of hydrogen-bond donors (Lipinski definition) is 0. The molecule has 0 N–H and O–H groups in total. The Hall–Kier alpha value is -7.40. The molecule has 0 unspecified atom stereocenters. The Labute approximate surface area is 469 Å². The summed E-state index contributed by atoms with van der Waals surface area (Å²) in [6, 6.07) is 69.1. The molecule has 0 spiro atoms. The second-order valence-electron chi connectivity index (χ2n) is 24.8. The number of rotatable bonds is 7. The molecule has 0 fully saturated rings. The van der Waals surface area contributed by atoms with Crippen LogP contribution in [0.5, 0.6) is 11.5 Å². The van der Waals surface area contributed by atoms with Crippen molar-refractivity contribution in [3.63, 3.8) is 0 Å². The van der Waals surface area contributed by atoms with Gasteiger partial charge in [0.05, 0.1) is 11.0 Å². The number of ether oxygens (including phenoxy) is 1. The van der Waals surface area contributed by atoms with Gasteiger partial charge >= 0.3 is 0 Å². The van der Waals surface area contributed by atoms with Crippen LogP contribution in [0, 0.1) is 18.8 Å². The van der Waals surface area contributed by atoms with Gasteiger partial charge in [0.2, 0.25) is 0 Å². The van der Waals surface area contributed by atoms with Crippen molar-refractivity contribution in [3.05, 3.63) is 217 Å². The van der Waals surface area contributed by atoms with Gasteiger partial charge in [-0.15, -0.1) is 48.1 Å². The third-order valence-electron chi connectivity index (χ3n) is 15.3. The molecule has 12 rings (SSSR count). The average molecular weight is 1190 g/mol. The van der Waals surface area contributed by atoms with E-state index in [0.717, 1.165) is 61.6 Å². The minimum absolute atomic E-state index is 0. The number of hydrogen-bond acceptors (Lipinski definition) is 4. The van der Waals surface area contributed by atoms with E-state index in [1.165, 1.54) is 49.6 Å². The van der Waals surface area contributed by atoms with Gasteiger partial charge in [0.1, 0.15) is 5.82 Å². The summed E-state index contributed by atoms with van der Waals surface area (Å²) in [5.41, 5.74) is 16.8. The SMILES string of the molecule is CC(C)(C)c1ccc(-c2cccc3c2N(c2cc(C(C)(C)C)cc(C(C)(C)C)c2)[CH-]N3c2[c-]c(Oc3[c-]c4c(cc3)c3cc(-n5c6ccccc6c6ccccc65)ccc3n4-c3cc(C(C)(C)C)ccn3)ccc2)cc1.[Pt]. The Balaban J connectivity index is 0.00000631. The van der Waals surface area contributed by atoms with Crippen LogP contribution in [0.2, 0.25) is 0 Å². The monoisotopic (exact) mass is 1190 g/mol. The van der Waals surface area contributed by atoms with Crippen LogP contribution in [-0.4, -0.2) is 14.1 Å². The molecule has 0 aliphatic carbocycles. The van der Waals surface area contributed by atoms with Crippen molar-refractivity contribution >= 4 is 66.4 Å². The Morgan fingerprint density at radius 2 is 1.05 bits per heavy atom. The Morgan fingerprint density at radius 1 is 0.442 bits per heavy atom. The largest absolute Gasteiger partial charge is 0.509 e. The van der Waals surface area contributed by atoms with Gasteiger partial charge in [0.15, 0.2) is 0 Å². The molecule has 8 aromatic carbocycles. The molecule has 6 nitrogen and oxygen atoms in total. The molecule has 0 radical (unpaired) electrons. The molecule has 1 aliphatic rings. The van der Waals surface area contributed by atoms with Crippen molar-refractivity contribution in [1.29, 1.82) is 0 Å². The predicted molar refractivity (Wildman–Crippen MR) is 319 cm³/mol. The van der Waals surface area contributed by atoms with E-state index < -0.39 is 0 Å². The van der Waals surface area contributed by atoms with Gasteiger partial charge < -0.3 is 23.7 Å². The number of anilines is 4. The normalized spacial score (nSPS) is 13.2. The summed E-state index contributed by atoms with van der Waals surface area (Å²) in [5, 5.41) is 4.63. The Morgan fingerprint density at radius 3 is 1.70 bits per heavy atom. The fourth-order valence-corrected chi connectivity index (χ4v) is 10.9. The van der Waals surface area contributed by atoms with E-state index in [2.05, 4.69) is 279 Å². The van der Waals surface area contributed by atoms with Crippen LogP contribution >= 0.6 is 0 Å². The maximum Gasteiger partial charge on any atom is 0.135 e. The zero-order valence-corrected chi connectivity index (χ0v) is 48.6. The summed E-state index contributed by atoms with van der Waals surface area (Å²) in [5.74, 6) is 2.00. The van der Waals surface area contributed by atoms with Crippen LogP contribution in [0.1, 0.15) is 105 Å². The van der Waals surface area contributed by atoms with Crippen molar-refractivity contribution in [2.75, 3.05) is 9.80 Å². The smallest absolute Gasteiger partial charge is 0.135 e. The van der Waals surface area contributed by atoms with Crippen LogP contribution < -0.4 is 14.5 Å². The van der Waals surface area contributed by atoms with Crippen LogP contribution in [0.15, 0.2) is 176 Å². The molecule has 390 valence electrons. The molecule has 0 saturated heterocycles. The fraction of sp³-hybridized carbons (Fsp3) is 0.229. The van der Waals surface area contributed by atoms with E-state index in [-0.39, 0.29) is 42.7 Å². The molecule has 3 aromatic heterocycles. The van der Waals surface area contributed by atoms with Crippen molar-refractivity contribution in [3.8, 4) is 34.1 Å². The second-order valence-corrected chi connectivity index (χ2v) is 24.8. The molecule has 0 bridgehead atoms. The Bertz CT molecular complexity index is 3970. The molecular weight excluding hydrogens is 1120 g/mol. The van der Waals surface area contributed by atoms with Crippen molar-refractivity contribution in [1.82, 2.24) is 14.1 Å². The standard InChI is InChI=1S/C70H66N5O.Pt/c1-67(2,3)46-29-27-45(28-30-46)55-23-18-26-63-66(55)73(52-38-48(69(7,8)9)37-49(39-52)70(10,11)12)44-72(63)50-19-17-20-53(41-50)76-54-32-33-58-59-42-51(74-60-24-15-13-21-56(60)57-22-14-16-25-61(57)74)31-34-62(59)75(64(58)43-54)65-40-47(35-36-71-65)68(4,5)6;/h13-40,42,44H,1-12H3;/q-3;. The number of fused-ring (bicyclic) bond motifs is 7. The molecular formula is C70H66N5OPt-3. The van der Waals surface area contributed by atoms with E-state index in [4.69, 9.17) is 9.72 Å². The van der Waals surface area contributed by atoms with E-state index in [1.54, 1.807) is 0 Å². The summed E-state index contributed by atoms with van der Waals surface area (Å²) >= 11 is 0. The van der Waals surface area contributed by atoms with Crippen molar-refractivity contribution < 1.29 is 25.8 Å². The number of benzene rings is 8. The van der Waals surface area contributed by atoms with Crippen molar-refractivity contribution in [2.45, 2.75) is 105 Å². The molecule has 0 amide bonds. The molecule has 77 heavy (non-hydrogen) atoms. The van der Waals surface area contributed by atoms with E-state index in [1.807, 2.05) is 18.3 Å². The summed E-state index contributed by atoms with van der Waals surface area (Å²) in [7, 11) is 0. The second kappa shape index (κ2) is 19.0. The summed E-state index contributed by atoms with van der Waals surface area (Å²) in [6.07, 6.45) is 1.92. The maximum atomic E-state index is 6.86. The van der Waals surface area contributed by atoms with Gasteiger partial charge in [0.25, 0.3) is 0 Å². The number of pyridine rings is 1. The minimum atomic E-state index is -0.0750. The molecule has 1 aliphatic heterocycles. The average Bonchev–Trinajstić information content (AvgIpc) is 4.10. The van der Waals surface area contributed by atoms with Crippen LogP contribution in [-0.2, 0) is 42.7 Å². The number of nitrogens with zero attached hydrogens (tertiary/aromatic N) is 5. The molecule has 0 atom stereocenters. The zero-order valence-electron chi connectivity index (χ0n) is 46.3. The van der Waals surface area contributed by atoms with E-state index in [9.17, 15) is 0 Å². The van der Waals surface area contributed by atoms with Gasteiger partial charge in [-0.25, -0.2) is 4.98 Å². The first kappa shape index (κ1) is 51.7. The first-order chi connectivity index (χ1) is 36.2. The van der Waals surface area contributed by atoms with Crippen LogP contribution in [0.3, 0.4) is 0 Å². The maximum absolute atomic E-state index is 6.86. The topological polar surface area (TPSA) is 38.5 Å². The fourth-order valence-electron chi connectivity index (χ4n) is 10.9. The first-order valence-electron chi connectivity index (χ1n) is 26.7. The van der Waals surface area contributed by atoms with Gasteiger partial charge in [0, 0.05) is 83.4 Å². The summed E-state index contributed by atoms with van der Waals surface area (Å²) in [6.45, 7) is 29.6. The Kier molecular flexibility index (Phi) is 12.7. The minimum Gasteiger partial charge on any atom is -0.509 e. The van der Waals surface area contributed by atoms with E-state index in [0.29, 0.717) is 11.5 Å². The summed E-state index contributed by atoms with van der Waals surface area (Å²) < 4.78 is 11.5. The molecule has 11 aromatic rings. The van der Waals surface area contributed by atoms with E-state index >= 15 is 0 Å². The van der Waals surface area contributed by atoms with Crippen molar-refractivity contribution in [2.24, 2.45) is 0 Å². The first-order valence-corrected chi connectivity index (χ1v) is 26.7. The molecule has 0 saturated carbocycles. The third-order valence-corrected chi connectivity index (χ3v) is 15.3. The van der Waals surface area contributed by atoms with Crippen LogP contribution in [0.25, 0.3) is 66.2 Å². The van der Waals surface area contributed by atoms with Gasteiger partial charge in [-0.2, -0.15) is 12.1 Å². The van der Waals surface area contributed by atoms with Gasteiger partial charge in [-0.3, -0.25) is 0 Å². The number of para-hydroxylation sites is 3. The van der Waals surface area contributed by atoms with Crippen LogP contribution in [0.4, 0.5) is 22.7 Å². The third kappa shape index (κ3) is 9.33. The number of aromatic nitrogens is 3.